The van der Waals surface area contributed by atoms with Crippen molar-refractivity contribution in [1.82, 2.24) is 0 Å². The van der Waals surface area contributed by atoms with Gasteiger partial charge in [0.05, 0.1) is 27.9 Å². The normalized spacial score (nSPS) is 14.5. The Morgan fingerprint density at radius 2 is 0.624 bits per heavy atom. The molecule has 0 spiro atoms. The van der Waals surface area contributed by atoms with Gasteiger partial charge in [-0.1, -0.05) is 267 Å². The summed E-state index contributed by atoms with van der Waals surface area (Å²) in [4.78, 5) is 26.6. The van der Waals surface area contributed by atoms with Crippen LogP contribution in [-0.2, 0) is 11.3 Å². The SMILES string of the molecule is [2H]c1cc([2H])cc(N2c3ccc(-c4ccccc4)cc3B3c4cc5c(cc4N(c4cc([2H])cc([2H])c4)c4cc(C(=O)OCc6ccccc6)cc2c43)N(c2cc([2H])cc([2H])c2)c2cc3c4c6c2B5c2cc(-c5ccccc5)cc5c2N6c2c(cc(-c6ccccc6)cc2B4c2cc(-c4ccccc4)ccc2N3c2cc([2H])cc([2H])c2)O5)c1. The van der Waals surface area contributed by atoms with E-state index in [1.54, 1.807) is 36.4 Å². The van der Waals surface area contributed by atoms with Gasteiger partial charge in [0.25, 0.3) is 20.1 Å². The molecule has 11 heteroatoms. The molecule has 109 heavy (non-hydrogen) atoms. The lowest BCUT2D eigenvalue weighted by Crippen LogP contribution is -2.69. The smallest absolute Gasteiger partial charge is 0.338 e. The number of carbonyl (C=O) groups excluding carboxylic acids is 1. The van der Waals surface area contributed by atoms with Crippen molar-refractivity contribution in [2.24, 2.45) is 0 Å². The van der Waals surface area contributed by atoms with Gasteiger partial charge in [0.1, 0.15) is 6.61 Å². The summed E-state index contributed by atoms with van der Waals surface area (Å²) < 4.78 is 90.1. The van der Waals surface area contributed by atoms with E-state index in [1.807, 2.05) is 103 Å². The zero-order valence-electron chi connectivity index (χ0n) is 66.4. The largest absolute Gasteiger partial charge is 0.457 e. The number of carbonyl (C=O) groups is 1. The molecule has 8 nitrogen and oxygen atoms in total. The predicted molar refractivity (Wildman–Crippen MR) is 451 cm³/mol. The highest BCUT2D eigenvalue weighted by atomic mass is 16.5. The van der Waals surface area contributed by atoms with Crippen LogP contribution < -0.4 is 78.4 Å². The molecule has 0 saturated heterocycles. The highest BCUT2D eigenvalue weighted by molar-refractivity contribution is 7.06. The third-order valence-corrected chi connectivity index (χ3v) is 22.9. The van der Waals surface area contributed by atoms with Crippen LogP contribution in [0, 0.1) is 0 Å². The Morgan fingerprint density at radius 1 is 0.284 bits per heavy atom. The summed E-state index contributed by atoms with van der Waals surface area (Å²) in [6.45, 7) is -1.82. The van der Waals surface area contributed by atoms with Crippen LogP contribution in [0.2, 0.25) is 0 Å². The first-order valence-corrected chi connectivity index (χ1v) is 36.8. The van der Waals surface area contributed by atoms with Gasteiger partial charge in [-0.3, -0.25) is 0 Å². The molecule has 0 unspecified atom stereocenters. The number of ether oxygens (including phenoxy) is 2. The number of rotatable bonds is 11. The predicted octanol–water partition coefficient (Wildman–Crippen LogP) is 18.6. The van der Waals surface area contributed by atoms with Crippen LogP contribution in [0.25, 0.3) is 44.5 Å². The number of fused-ring (bicyclic) bond motifs is 10. The first-order valence-electron chi connectivity index (χ1n) is 40.8. The maximum atomic E-state index is 15.5. The Bertz CT molecular complexity index is 6930. The average molecular weight is 1400 g/mol. The first-order chi connectivity index (χ1) is 57.2. The Morgan fingerprint density at radius 3 is 1.04 bits per heavy atom. The van der Waals surface area contributed by atoms with Crippen molar-refractivity contribution in [3.63, 3.8) is 0 Å². The third kappa shape index (κ3) is 9.26. The zero-order valence-corrected chi connectivity index (χ0v) is 58.4. The summed E-state index contributed by atoms with van der Waals surface area (Å²) >= 11 is 0. The highest BCUT2D eigenvalue weighted by Crippen LogP contribution is 2.58. The van der Waals surface area contributed by atoms with E-state index in [9.17, 15) is 11.0 Å². The van der Waals surface area contributed by atoms with Gasteiger partial charge in [-0.2, -0.15) is 0 Å². The van der Waals surface area contributed by atoms with E-state index in [4.69, 9.17) is 9.47 Å². The van der Waals surface area contributed by atoms with E-state index >= 15 is 4.79 Å². The fraction of sp³-hybridized carbons (Fsp3) is 0.0102. The summed E-state index contributed by atoms with van der Waals surface area (Å²) in [7, 11) is 0. The van der Waals surface area contributed by atoms with Crippen LogP contribution in [0.1, 0.15) is 26.9 Å². The topological polar surface area (TPSA) is 51.7 Å². The van der Waals surface area contributed by atoms with E-state index in [0.717, 1.165) is 139 Å². The van der Waals surface area contributed by atoms with Crippen molar-refractivity contribution in [2.45, 2.75) is 6.61 Å². The maximum absolute atomic E-state index is 15.5. The highest BCUT2D eigenvalue weighted by Gasteiger charge is 2.56. The monoisotopic (exact) mass is 1400 g/mol. The zero-order chi connectivity index (χ0) is 78.5. The standard InChI is InChI=1S/C98H62B3N5O3/c107-98(108-61-62-28-10-1-11-29-62)71-54-86-92-87(55-71)104(74-42-24-8-25-43-74)84-59-85-79(58-78(84)99(92)76-50-67(63-30-12-2-13-31-63)46-48-82(76)102(86)72-38-20-6-21-39-72)101-81-53-70(66-36-18-5-19-37-66)57-91-96(81)106-95-80(52-69(56-90(95)109-91)65-34-16-4-17-35-65)100-77-51-68(64-32-14-3-15-33-64)47-49-83(77)103(73-40-22-7-23-41-73)88-60-89(94(101)97(106)93(88)100)105(85)75-44-26-9-27-45-75/h1-60H,61H2/i20D,21D,22D,23D,24D,25D,26D,27D. The van der Waals surface area contributed by atoms with Gasteiger partial charge in [0.2, 0.25) is 0 Å². The molecule has 7 aliphatic rings. The number of hydrogen-bond acceptors (Lipinski definition) is 8. The second-order valence-electron chi connectivity index (χ2n) is 28.7. The van der Waals surface area contributed by atoms with E-state index in [2.05, 4.69) is 188 Å². The Balaban J connectivity index is 0.878. The number of para-hydroxylation sites is 4. The second-order valence-corrected chi connectivity index (χ2v) is 28.7. The van der Waals surface area contributed by atoms with Gasteiger partial charge in [0.15, 0.2) is 11.5 Å². The maximum Gasteiger partial charge on any atom is 0.338 e. The minimum atomic E-state index is -0.669. The molecule has 0 N–H and O–H groups in total. The van der Waals surface area contributed by atoms with Gasteiger partial charge in [-0.25, -0.2) is 4.79 Å². The Hall–Kier alpha value is -14.0. The van der Waals surface area contributed by atoms with Crippen LogP contribution >= 0.6 is 0 Å². The minimum absolute atomic E-state index is 0.0243. The van der Waals surface area contributed by atoms with Crippen molar-refractivity contribution < 1.29 is 25.2 Å². The third-order valence-electron chi connectivity index (χ3n) is 22.9. The van der Waals surface area contributed by atoms with E-state index < -0.39 is 26.1 Å². The quantitative estimate of drug-likeness (QED) is 0.0938. The minimum Gasteiger partial charge on any atom is -0.457 e. The molecule has 16 aromatic rings. The molecule has 16 aromatic carbocycles. The molecule has 0 aliphatic carbocycles. The second kappa shape index (κ2) is 24.0. The van der Waals surface area contributed by atoms with Crippen LogP contribution in [0.3, 0.4) is 0 Å². The fourth-order valence-corrected chi connectivity index (χ4v) is 18.5. The average Bonchev–Trinajstić information content (AvgIpc) is 0.656. The fourth-order valence-electron chi connectivity index (χ4n) is 18.5. The lowest BCUT2D eigenvalue weighted by Gasteiger charge is -2.53. The molecule has 0 radical (unpaired) electrons. The molecule has 506 valence electrons. The number of nitrogens with zero attached hydrogens (tertiary/aromatic N) is 5. The Labute approximate surface area is 644 Å². The molecule has 0 bridgehead atoms. The molecule has 0 atom stereocenters. The van der Waals surface area contributed by atoms with Crippen molar-refractivity contribution in [3.05, 3.63) is 375 Å². The van der Waals surface area contributed by atoms with Crippen LogP contribution in [-0.4, -0.2) is 26.1 Å². The molecule has 0 aromatic heterocycles. The molecule has 0 amide bonds. The van der Waals surface area contributed by atoms with Crippen molar-refractivity contribution in [3.8, 4) is 56.0 Å². The van der Waals surface area contributed by atoms with Crippen molar-refractivity contribution >= 4 is 161 Å². The van der Waals surface area contributed by atoms with Crippen molar-refractivity contribution in [2.75, 3.05) is 24.5 Å². The van der Waals surface area contributed by atoms with Gasteiger partial charge in [0, 0.05) is 73.9 Å². The summed E-state index contributed by atoms with van der Waals surface area (Å²) in [5, 5.41) is 0. The molecular weight excluding hydrogens is 1330 g/mol. The van der Waals surface area contributed by atoms with E-state index in [-0.39, 0.29) is 60.5 Å². The molecule has 0 fully saturated rings. The van der Waals surface area contributed by atoms with Crippen LogP contribution in [0.15, 0.2) is 364 Å². The Kier molecular flexibility index (Phi) is 11.8. The van der Waals surface area contributed by atoms with Crippen LogP contribution in [0.5, 0.6) is 11.5 Å². The van der Waals surface area contributed by atoms with Gasteiger partial charge in [-0.05, 0) is 196 Å². The molecule has 7 heterocycles. The van der Waals surface area contributed by atoms with E-state index in [1.165, 1.54) is 12.1 Å². The van der Waals surface area contributed by atoms with Gasteiger partial charge < -0.3 is 34.0 Å². The summed E-state index contributed by atoms with van der Waals surface area (Å²) in [5.41, 5.74) is 27.6. The lowest BCUT2D eigenvalue weighted by atomic mass is 9.27. The van der Waals surface area contributed by atoms with Gasteiger partial charge in [-0.15, -0.1) is 0 Å². The number of anilines is 15. The molecular formula is C98H62B3N5O3. The number of hydrogen-bond donors (Lipinski definition) is 0. The molecule has 0 saturated carbocycles. The van der Waals surface area contributed by atoms with Crippen molar-refractivity contribution in [1.29, 1.82) is 0 Å². The number of esters is 1. The van der Waals surface area contributed by atoms with Gasteiger partial charge >= 0.3 is 5.97 Å². The summed E-state index contributed by atoms with van der Waals surface area (Å²) in [5.74, 6) is 0.714. The summed E-state index contributed by atoms with van der Waals surface area (Å²) in [6.07, 6.45) is 0. The first kappa shape index (κ1) is 53.7. The summed E-state index contributed by atoms with van der Waals surface area (Å²) in [6, 6.07) is 105. The molecule has 23 rings (SSSR count). The van der Waals surface area contributed by atoms with E-state index in [0.29, 0.717) is 57.0 Å². The molecule has 7 aliphatic heterocycles. The van der Waals surface area contributed by atoms with Crippen LogP contribution in [0.4, 0.5) is 85.3 Å². The number of benzene rings is 16. The lowest BCUT2D eigenvalue weighted by molar-refractivity contribution is 0.0472.